The zero-order chi connectivity index (χ0) is 20.1. The van der Waals surface area contributed by atoms with Gasteiger partial charge in [-0.05, 0) is 23.1 Å². The van der Waals surface area contributed by atoms with Gasteiger partial charge in [0, 0.05) is 28.5 Å². The molecule has 28 heavy (non-hydrogen) atoms. The van der Waals surface area contributed by atoms with Gasteiger partial charge in [0.05, 0.1) is 4.24 Å². The van der Waals surface area contributed by atoms with Crippen LogP contribution in [-0.2, 0) is 7.05 Å². The predicted molar refractivity (Wildman–Crippen MR) is 109 cm³/mol. The third kappa shape index (κ3) is 5.83. The van der Waals surface area contributed by atoms with E-state index < -0.39 is 10.2 Å². The summed E-state index contributed by atoms with van der Waals surface area (Å²) in [5, 5.41) is 3.51. The summed E-state index contributed by atoms with van der Waals surface area (Å²) < 4.78 is 33.8. The Labute approximate surface area is 173 Å². The second kappa shape index (κ2) is 9.11. The first-order chi connectivity index (χ1) is 13.3. The standard InChI is InChI=1S/C20H16NS2.ClH3O4/c1-21-17(12-11-15-7-5-6-10-18(15)21)13-20-22-14-19(23-20)16-8-3-2-4-9-16;2-1(3,4)5/h2-14H,1H3;2-4H/q+1;/b20-13-;. The molecule has 0 bridgehead atoms. The van der Waals surface area contributed by atoms with E-state index in [0.29, 0.717) is 0 Å². The molecule has 8 heteroatoms. The van der Waals surface area contributed by atoms with E-state index >= 15 is 0 Å². The van der Waals surface area contributed by atoms with Gasteiger partial charge in [-0.1, -0.05) is 66.0 Å². The average Bonchev–Trinajstić information content (AvgIpc) is 3.12. The van der Waals surface area contributed by atoms with Crippen molar-refractivity contribution in [2.45, 2.75) is 0 Å². The number of thioether (sulfide) groups is 2. The molecular weight excluding hydrogens is 418 g/mol. The summed E-state index contributed by atoms with van der Waals surface area (Å²) >= 11 is 3.65. The fourth-order valence-electron chi connectivity index (χ4n) is 2.69. The Morgan fingerprint density at radius 2 is 1.57 bits per heavy atom. The molecule has 1 aliphatic heterocycles. The first-order valence-corrected chi connectivity index (χ1v) is 11.2. The quantitative estimate of drug-likeness (QED) is 0.535. The molecule has 0 atom stereocenters. The van der Waals surface area contributed by atoms with Gasteiger partial charge in [0.15, 0.2) is 0 Å². The molecule has 5 nitrogen and oxygen atoms in total. The predicted octanol–water partition coefficient (Wildman–Crippen LogP) is 2.58. The molecule has 0 amide bonds. The van der Waals surface area contributed by atoms with Crippen molar-refractivity contribution in [3.05, 3.63) is 87.6 Å². The number of fused-ring (bicyclic) bond motifs is 1. The molecule has 3 aromatic rings. The molecule has 0 unspecified atom stereocenters. The molecule has 0 saturated heterocycles. The van der Waals surface area contributed by atoms with Gasteiger partial charge < -0.3 is 0 Å². The average molecular weight is 437 g/mol. The zero-order valence-electron chi connectivity index (χ0n) is 14.9. The molecule has 0 fully saturated rings. The van der Waals surface area contributed by atoms with Crippen LogP contribution >= 0.6 is 23.5 Å². The monoisotopic (exact) mass is 436 g/mol. The molecule has 0 aliphatic carbocycles. The van der Waals surface area contributed by atoms with E-state index in [-0.39, 0.29) is 0 Å². The third-order valence-corrected chi connectivity index (χ3v) is 6.22. The first-order valence-electron chi connectivity index (χ1n) is 8.17. The van der Waals surface area contributed by atoms with E-state index in [1.54, 1.807) is 11.8 Å². The van der Waals surface area contributed by atoms with Gasteiger partial charge in [0.1, 0.15) is 7.05 Å². The van der Waals surface area contributed by atoms with Crippen molar-refractivity contribution in [1.82, 2.24) is 0 Å². The number of nitrogens with zero attached hydrogens (tertiary/aromatic N) is 1. The van der Waals surface area contributed by atoms with Crippen molar-refractivity contribution in [2.75, 3.05) is 0 Å². The Balaban J connectivity index is 0.000000403. The van der Waals surface area contributed by atoms with E-state index in [0.717, 1.165) is 0 Å². The molecule has 3 N–H and O–H groups in total. The van der Waals surface area contributed by atoms with E-state index in [1.807, 2.05) is 11.8 Å². The van der Waals surface area contributed by atoms with Crippen LogP contribution in [0, 0.1) is 10.2 Å². The van der Waals surface area contributed by atoms with Crippen LogP contribution in [0.15, 0.2) is 76.4 Å². The number of pyridine rings is 1. The minimum absolute atomic E-state index is 1.22. The van der Waals surface area contributed by atoms with Crippen molar-refractivity contribution in [2.24, 2.45) is 7.05 Å². The molecule has 4 rings (SSSR count). The van der Waals surface area contributed by atoms with E-state index in [4.69, 9.17) is 18.6 Å². The molecule has 0 saturated carbocycles. The minimum atomic E-state index is -4.19. The van der Waals surface area contributed by atoms with Crippen LogP contribution in [-0.4, -0.2) is 14.0 Å². The van der Waals surface area contributed by atoms with E-state index in [2.05, 4.69) is 89.8 Å². The Hall–Kier alpha value is -1.84. The Morgan fingerprint density at radius 1 is 0.929 bits per heavy atom. The number of aryl methyl sites for hydroxylation is 1. The van der Waals surface area contributed by atoms with Crippen LogP contribution in [0.1, 0.15) is 11.3 Å². The van der Waals surface area contributed by atoms with Crippen molar-refractivity contribution < 1.29 is 33.4 Å². The van der Waals surface area contributed by atoms with Crippen LogP contribution in [0.4, 0.5) is 0 Å². The fraction of sp³-hybridized carbons (Fsp3) is 0.0500. The van der Waals surface area contributed by atoms with Crippen LogP contribution in [0.5, 0.6) is 0 Å². The van der Waals surface area contributed by atoms with Crippen LogP contribution in [0.2, 0.25) is 0 Å². The number of para-hydroxylation sites is 1. The second-order valence-electron chi connectivity index (χ2n) is 5.84. The van der Waals surface area contributed by atoms with Gasteiger partial charge in [-0.25, -0.2) is 0 Å². The Bertz CT molecular complexity index is 1030. The molecule has 0 radical (unpaired) electrons. The molecule has 0 spiro atoms. The van der Waals surface area contributed by atoms with Crippen LogP contribution < -0.4 is 9.23 Å². The summed E-state index contributed by atoms with van der Waals surface area (Å²) in [6.07, 6.45) is 2.27. The summed E-state index contributed by atoms with van der Waals surface area (Å²) in [7, 11) is -2.06. The molecule has 146 valence electrons. The first kappa shape index (κ1) is 20.9. The molecule has 1 aromatic heterocycles. The maximum atomic E-state index is 8.83. The SMILES string of the molecule is C[n+]1c(/C=C2/SC=C(c3ccccc3)S2)ccc2ccccc21.[O-][Cl+](O)(O)O. The van der Waals surface area contributed by atoms with Gasteiger partial charge in [0.25, 0.3) is 0 Å². The van der Waals surface area contributed by atoms with Gasteiger partial charge in [-0.15, -0.1) is 0 Å². The van der Waals surface area contributed by atoms with Gasteiger partial charge >= 0.3 is 28.9 Å². The van der Waals surface area contributed by atoms with Crippen LogP contribution in [0.3, 0.4) is 0 Å². The normalized spacial score (nSPS) is 15.9. The summed E-state index contributed by atoms with van der Waals surface area (Å²) in [5.74, 6) is 0. The Kier molecular flexibility index (Phi) is 6.79. The maximum absolute atomic E-state index is 8.83. The summed E-state index contributed by atoms with van der Waals surface area (Å²) in [6.45, 7) is 0. The van der Waals surface area contributed by atoms with Gasteiger partial charge in [-0.3, -0.25) is 0 Å². The summed E-state index contributed by atoms with van der Waals surface area (Å²) in [5.41, 5.74) is 3.77. The number of rotatable bonds is 2. The second-order valence-corrected chi connectivity index (χ2v) is 8.96. The molecule has 2 heterocycles. The van der Waals surface area contributed by atoms with E-state index in [9.17, 15) is 0 Å². The third-order valence-electron chi connectivity index (χ3n) is 3.94. The van der Waals surface area contributed by atoms with Crippen LogP contribution in [0.25, 0.3) is 21.9 Å². The number of hydrogen-bond acceptors (Lipinski definition) is 6. The topological polar surface area (TPSA) is 87.6 Å². The van der Waals surface area contributed by atoms with Crippen molar-refractivity contribution >= 4 is 45.4 Å². The van der Waals surface area contributed by atoms with Crippen molar-refractivity contribution in [3.8, 4) is 0 Å². The number of benzene rings is 2. The van der Waals surface area contributed by atoms with Gasteiger partial charge in [0.2, 0.25) is 11.2 Å². The van der Waals surface area contributed by atoms with Crippen molar-refractivity contribution in [3.63, 3.8) is 0 Å². The number of hydrogen-bond donors (Lipinski definition) is 3. The zero-order valence-corrected chi connectivity index (χ0v) is 17.3. The van der Waals surface area contributed by atoms with Crippen molar-refractivity contribution in [1.29, 1.82) is 0 Å². The number of halogens is 1. The van der Waals surface area contributed by atoms with E-state index in [1.165, 1.54) is 31.3 Å². The molecule has 2 aromatic carbocycles. The summed E-state index contributed by atoms with van der Waals surface area (Å²) in [4.78, 5) is 1.32. The Morgan fingerprint density at radius 3 is 2.29 bits per heavy atom. The molecule has 1 aliphatic rings. The summed E-state index contributed by atoms with van der Waals surface area (Å²) in [6, 6.07) is 23.4. The molecular formula is C20H19ClNO4S2+. The van der Waals surface area contributed by atoms with Gasteiger partial charge in [-0.2, -0.15) is 4.57 Å². The number of aromatic nitrogens is 1. The fourth-order valence-corrected chi connectivity index (χ4v) is 4.83.